The number of nitrogens with one attached hydrogen (secondary N) is 1. The maximum Gasteiger partial charge on any atom is 0.325 e. The lowest BCUT2D eigenvalue weighted by molar-refractivity contribution is -0.133. The maximum atomic E-state index is 13.0. The normalized spacial score (nSPS) is 22.9. The van der Waals surface area contributed by atoms with E-state index in [-0.39, 0.29) is 12.5 Å². The Labute approximate surface area is 132 Å². The maximum absolute atomic E-state index is 13.0. The zero-order chi connectivity index (χ0) is 16.0. The van der Waals surface area contributed by atoms with Gasteiger partial charge in [-0.15, -0.1) is 0 Å². The Morgan fingerprint density at radius 2 is 2.17 bits per heavy atom. The predicted octanol–water partition coefficient (Wildman–Crippen LogP) is 1.71. The highest BCUT2D eigenvalue weighted by Crippen LogP contribution is 2.41. The third-order valence-corrected chi connectivity index (χ3v) is 4.25. The Kier molecular flexibility index (Phi) is 2.90. The minimum absolute atomic E-state index is 0.0658. The number of fused-ring (bicyclic) bond motifs is 2. The molecule has 2 aromatic rings. The lowest BCUT2D eigenvalue weighted by atomic mass is 9.84. The summed E-state index contributed by atoms with van der Waals surface area (Å²) in [6, 6.07) is 8.57. The van der Waals surface area contributed by atoms with Gasteiger partial charge in [0, 0.05) is 18.1 Å². The molecule has 0 radical (unpaired) electrons. The number of amides is 3. The average molecular weight is 313 g/mol. The molecule has 0 unspecified atom stereocenters. The Morgan fingerprint density at radius 1 is 1.35 bits per heavy atom. The fourth-order valence-electron chi connectivity index (χ4n) is 3.16. The van der Waals surface area contributed by atoms with Crippen LogP contribution in [0.2, 0.25) is 0 Å². The number of urea groups is 1. The fraction of sp³-hybridized carbons (Fsp3) is 0.312. The van der Waals surface area contributed by atoms with Gasteiger partial charge in [-0.1, -0.05) is 23.4 Å². The molecular weight excluding hydrogens is 298 g/mol. The molecule has 2 aliphatic rings. The van der Waals surface area contributed by atoms with Crippen LogP contribution < -0.4 is 10.1 Å². The van der Waals surface area contributed by atoms with Crippen LogP contribution in [0.15, 0.2) is 34.9 Å². The summed E-state index contributed by atoms with van der Waals surface area (Å²) in [5.41, 5.74) is 0.347. The molecule has 0 saturated carbocycles. The fourth-order valence-corrected chi connectivity index (χ4v) is 3.16. The number of aryl methyl sites for hydroxylation is 1. The first-order valence-electron chi connectivity index (χ1n) is 7.39. The van der Waals surface area contributed by atoms with Gasteiger partial charge < -0.3 is 14.6 Å². The van der Waals surface area contributed by atoms with Gasteiger partial charge in [0.15, 0.2) is 11.3 Å². The highest BCUT2D eigenvalue weighted by atomic mass is 16.5. The van der Waals surface area contributed by atoms with Gasteiger partial charge in [-0.3, -0.25) is 9.69 Å². The van der Waals surface area contributed by atoms with Crippen molar-refractivity contribution in [2.75, 3.05) is 6.61 Å². The van der Waals surface area contributed by atoms with Crippen LogP contribution in [0.3, 0.4) is 0 Å². The molecule has 1 spiro atoms. The van der Waals surface area contributed by atoms with Crippen molar-refractivity contribution in [1.29, 1.82) is 0 Å². The third-order valence-electron chi connectivity index (χ3n) is 4.25. The lowest BCUT2D eigenvalue weighted by Crippen LogP contribution is -2.47. The van der Waals surface area contributed by atoms with Crippen LogP contribution in [0, 0.1) is 6.92 Å². The molecule has 118 valence electrons. The summed E-state index contributed by atoms with van der Waals surface area (Å²) in [5, 5.41) is 6.63. The molecule has 0 bridgehead atoms. The summed E-state index contributed by atoms with van der Waals surface area (Å²) < 4.78 is 10.7. The highest BCUT2D eigenvalue weighted by molar-refractivity contribution is 6.07. The SMILES string of the molecule is Cc1cc(CN2C(=O)N[C@]3(CCOc4ccccc43)C2=O)on1. The predicted molar refractivity (Wildman–Crippen MR) is 78.6 cm³/mol. The molecule has 3 heterocycles. The minimum atomic E-state index is -1.05. The van der Waals surface area contributed by atoms with E-state index < -0.39 is 11.6 Å². The molecule has 3 amide bonds. The lowest BCUT2D eigenvalue weighted by Gasteiger charge is -2.33. The molecule has 7 heteroatoms. The van der Waals surface area contributed by atoms with Crippen molar-refractivity contribution in [2.24, 2.45) is 0 Å². The van der Waals surface area contributed by atoms with E-state index in [1.54, 1.807) is 19.1 Å². The largest absolute Gasteiger partial charge is 0.493 e. The Balaban J connectivity index is 1.70. The number of hydrogen-bond acceptors (Lipinski definition) is 5. The average Bonchev–Trinajstić information content (AvgIpc) is 3.06. The van der Waals surface area contributed by atoms with Gasteiger partial charge in [-0.25, -0.2) is 4.79 Å². The van der Waals surface area contributed by atoms with Crippen molar-refractivity contribution < 1.29 is 18.8 Å². The van der Waals surface area contributed by atoms with Crippen LogP contribution in [0.25, 0.3) is 0 Å². The Hall–Kier alpha value is -2.83. The van der Waals surface area contributed by atoms with Gasteiger partial charge in [-0.2, -0.15) is 0 Å². The number of aromatic nitrogens is 1. The Morgan fingerprint density at radius 3 is 2.96 bits per heavy atom. The summed E-state index contributed by atoms with van der Waals surface area (Å²) in [5.74, 6) is 0.820. The zero-order valence-corrected chi connectivity index (χ0v) is 12.5. The van der Waals surface area contributed by atoms with E-state index in [1.165, 1.54) is 4.90 Å². The number of hydrogen-bond donors (Lipinski definition) is 1. The van der Waals surface area contributed by atoms with Gasteiger partial charge in [0.05, 0.1) is 18.8 Å². The van der Waals surface area contributed by atoms with Crippen molar-refractivity contribution in [2.45, 2.75) is 25.4 Å². The van der Waals surface area contributed by atoms with Crippen molar-refractivity contribution in [3.05, 3.63) is 47.3 Å². The van der Waals surface area contributed by atoms with Crippen LogP contribution in [0.1, 0.15) is 23.4 Å². The van der Waals surface area contributed by atoms with Crippen LogP contribution in [0.4, 0.5) is 4.79 Å². The van der Waals surface area contributed by atoms with E-state index in [4.69, 9.17) is 9.26 Å². The molecule has 0 aliphatic carbocycles. The molecule has 2 aliphatic heterocycles. The van der Waals surface area contributed by atoms with E-state index in [0.29, 0.717) is 35.8 Å². The molecule has 1 aromatic carbocycles. The second-order valence-corrected chi connectivity index (χ2v) is 5.76. The second-order valence-electron chi connectivity index (χ2n) is 5.76. The molecular formula is C16H15N3O4. The number of carbonyl (C=O) groups excluding carboxylic acids is 2. The molecule has 23 heavy (non-hydrogen) atoms. The van der Waals surface area contributed by atoms with Crippen molar-refractivity contribution in [3.63, 3.8) is 0 Å². The molecule has 7 nitrogen and oxygen atoms in total. The molecule has 4 rings (SSSR count). The quantitative estimate of drug-likeness (QED) is 0.853. The first-order valence-corrected chi connectivity index (χ1v) is 7.39. The van der Waals surface area contributed by atoms with Crippen LogP contribution in [0.5, 0.6) is 5.75 Å². The molecule has 1 aromatic heterocycles. The minimum Gasteiger partial charge on any atom is -0.493 e. The van der Waals surface area contributed by atoms with E-state index in [0.717, 1.165) is 0 Å². The van der Waals surface area contributed by atoms with Gasteiger partial charge in [0.1, 0.15) is 5.75 Å². The van der Waals surface area contributed by atoms with Gasteiger partial charge in [-0.05, 0) is 13.0 Å². The van der Waals surface area contributed by atoms with E-state index in [2.05, 4.69) is 10.5 Å². The number of nitrogens with zero attached hydrogens (tertiary/aromatic N) is 2. The molecule has 1 saturated heterocycles. The van der Waals surface area contributed by atoms with E-state index >= 15 is 0 Å². The topological polar surface area (TPSA) is 84.7 Å². The number of para-hydroxylation sites is 1. The number of carbonyl (C=O) groups is 2. The van der Waals surface area contributed by atoms with E-state index in [9.17, 15) is 9.59 Å². The number of imide groups is 1. The summed E-state index contributed by atoms with van der Waals surface area (Å²) >= 11 is 0. The molecule has 1 atom stereocenters. The summed E-state index contributed by atoms with van der Waals surface area (Å²) in [4.78, 5) is 26.5. The first kappa shape index (κ1) is 13.8. The first-order chi connectivity index (χ1) is 11.1. The smallest absolute Gasteiger partial charge is 0.325 e. The third kappa shape index (κ3) is 2.00. The zero-order valence-electron chi connectivity index (χ0n) is 12.5. The second kappa shape index (κ2) is 4.84. The number of rotatable bonds is 2. The standard InChI is InChI=1S/C16H15N3O4/c1-10-8-11(23-18-10)9-19-14(20)16(17-15(19)21)6-7-22-13-5-3-2-4-12(13)16/h2-5,8H,6-7,9H2,1H3,(H,17,21)/t16-/m0/s1. The van der Waals surface area contributed by atoms with Crippen molar-refractivity contribution in [3.8, 4) is 5.75 Å². The van der Waals surface area contributed by atoms with Gasteiger partial charge in [0.2, 0.25) is 0 Å². The van der Waals surface area contributed by atoms with Crippen molar-refractivity contribution >= 4 is 11.9 Å². The molecule has 1 N–H and O–H groups in total. The Bertz CT molecular complexity index is 800. The number of ether oxygens (including phenoxy) is 1. The van der Waals surface area contributed by atoms with Crippen LogP contribution in [-0.4, -0.2) is 28.6 Å². The van der Waals surface area contributed by atoms with Crippen molar-refractivity contribution in [1.82, 2.24) is 15.4 Å². The summed E-state index contributed by atoms with van der Waals surface area (Å²) in [7, 11) is 0. The monoisotopic (exact) mass is 313 g/mol. The van der Waals surface area contributed by atoms with E-state index in [1.807, 2.05) is 18.2 Å². The number of benzene rings is 1. The van der Waals surface area contributed by atoms with Crippen LogP contribution >= 0.6 is 0 Å². The molecule has 1 fully saturated rings. The summed E-state index contributed by atoms with van der Waals surface area (Å²) in [6.07, 6.45) is 0.403. The van der Waals surface area contributed by atoms with Gasteiger partial charge in [0.25, 0.3) is 5.91 Å². The van der Waals surface area contributed by atoms with Gasteiger partial charge >= 0.3 is 6.03 Å². The highest BCUT2D eigenvalue weighted by Gasteiger charge is 2.54. The van der Waals surface area contributed by atoms with Crippen LogP contribution in [-0.2, 0) is 16.9 Å². The summed E-state index contributed by atoms with van der Waals surface area (Å²) in [6.45, 7) is 2.23.